The fourth-order valence-electron chi connectivity index (χ4n) is 2.75. The van der Waals surface area contributed by atoms with Crippen LogP contribution in [-0.2, 0) is 4.79 Å². The number of hydrogen-bond donors (Lipinski definition) is 2. The lowest BCUT2D eigenvalue weighted by molar-refractivity contribution is -0.118. The molecule has 2 aromatic rings. The van der Waals surface area contributed by atoms with E-state index in [9.17, 15) is 4.79 Å². The highest BCUT2D eigenvalue weighted by molar-refractivity contribution is 5.77. The first-order valence-electron chi connectivity index (χ1n) is 7.43. The van der Waals surface area contributed by atoms with Crippen LogP contribution in [0.15, 0.2) is 24.3 Å². The molecule has 2 heterocycles. The average Bonchev–Trinajstić information content (AvgIpc) is 2.91. The molecule has 1 amide bonds. The van der Waals surface area contributed by atoms with E-state index in [1.165, 1.54) is 0 Å². The quantitative estimate of drug-likeness (QED) is 0.858. The molecule has 0 bridgehead atoms. The zero-order valence-electron chi connectivity index (χ0n) is 12.1. The lowest BCUT2D eigenvalue weighted by Gasteiger charge is -2.34. The first-order chi connectivity index (χ1) is 10.2. The van der Waals surface area contributed by atoms with Crippen molar-refractivity contribution in [3.05, 3.63) is 24.3 Å². The van der Waals surface area contributed by atoms with E-state index in [0.717, 1.165) is 56.1 Å². The molecule has 3 rings (SSSR count). The standard InChI is InChI=1S/C15H21N5O/c16-14(21)6-3-7-19-8-10-20(11-9-19)15-17-12-4-1-2-5-13(12)18-15/h1-2,4-5H,3,6-11H2,(H2,16,21)(H,17,18). The fourth-order valence-corrected chi connectivity index (χ4v) is 2.75. The van der Waals surface area contributed by atoms with Gasteiger partial charge in [0.1, 0.15) is 0 Å². The van der Waals surface area contributed by atoms with Gasteiger partial charge in [0, 0.05) is 32.6 Å². The molecule has 0 spiro atoms. The molecule has 1 aromatic carbocycles. The van der Waals surface area contributed by atoms with Crippen LogP contribution in [0.5, 0.6) is 0 Å². The summed E-state index contributed by atoms with van der Waals surface area (Å²) in [5.41, 5.74) is 7.26. The van der Waals surface area contributed by atoms with E-state index < -0.39 is 0 Å². The zero-order chi connectivity index (χ0) is 14.7. The van der Waals surface area contributed by atoms with Crippen molar-refractivity contribution in [3.63, 3.8) is 0 Å². The van der Waals surface area contributed by atoms with Crippen LogP contribution in [0.2, 0.25) is 0 Å². The predicted octanol–water partition coefficient (Wildman–Crippen LogP) is 0.950. The Morgan fingerprint density at radius 1 is 1.24 bits per heavy atom. The Morgan fingerprint density at radius 3 is 2.71 bits per heavy atom. The molecule has 1 fully saturated rings. The number of nitrogens with two attached hydrogens (primary N) is 1. The van der Waals surface area contributed by atoms with Crippen molar-refractivity contribution in [2.24, 2.45) is 5.73 Å². The number of carbonyl (C=O) groups excluding carboxylic acids is 1. The molecule has 1 aromatic heterocycles. The normalized spacial score (nSPS) is 16.5. The lowest BCUT2D eigenvalue weighted by atomic mass is 10.2. The van der Waals surface area contributed by atoms with Crippen LogP contribution in [-0.4, -0.2) is 53.5 Å². The molecule has 21 heavy (non-hydrogen) atoms. The maximum absolute atomic E-state index is 10.7. The molecule has 0 aliphatic carbocycles. The summed E-state index contributed by atoms with van der Waals surface area (Å²) >= 11 is 0. The molecule has 0 radical (unpaired) electrons. The van der Waals surface area contributed by atoms with Gasteiger partial charge in [-0.15, -0.1) is 0 Å². The van der Waals surface area contributed by atoms with Gasteiger partial charge >= 0.3 is 0 Å². The van der Waals surface area contributed by atoms with Gasteiger partial charge in [-0.3, -0.25) is 9.69 Å². The number of amides is 1. The van der Waals surface area contributed by atoms with Gasteiger partial charge < -0.3 is 15.6 Å². The fraction of sp³-hybridized carbons (Fsp3) is 0.467. The number of nitrogens with one attached hydrogen (secondary N) is 1. The molecule has 1 saturated heterocycles. The first-order valence-corrected chi connectivity index (χ1v) is 7.43. The van der Waals surface area contributed by atoms with Crippen LogP contribution in [0.1, 0.15) is 12.8 Å². The second kappa shape index (κ2) is 6.13. The highest BCUT2D eigenvalue weighted by atomic mass is 16.1. The summed E-state index contributed by atoms with van der Waals surface area (Å²) in [6.45, 7) is 4.84. The van der Waals surface area contributed by atoms with Crippen molar-refractivity contribution in [1.82, 2.24) is 14.9 Å². The number of hydrogen-bond acceptors (Lipinski definition) is 4. The number of nitrogens with zero attached hydrogens (tertiary/aromatic N) is 3. The van der Waals surface area contributed by atoms with E-state index in [1.54, 1.807) is 0 Å². The lowest BCUT2D eigenvalue weighted by Crippen LogP contribution is -2.47. The van der Waals surface area contributed by atoms with E-state index in [-0.39, 0.29) is 5.91 Å². The Bertz CT molecular complexity index is 582. The van der Waals surface area contributed by atoms with E-state index >= 15 is 0 Å². The molecule has 0 saturated carbocycles. The number of primary amides is 1. The van der Waals surface area contributed by atoms with Crippen molar-refractivity contribution in [3.8, 4) is 0 Å². The number of benzene rings is 1. The average molecular weight is 287 g/mol. The van der Waals surface area contributed by atoms with Gasteiger partial charge in [-0.1, -0.05) is 12.1 Å². The highest BCUT2D eigenvalue weighted by Crippen LogP contribution is 2.18. The molecular weight excluding hydrogens is 266 g/mol. The van der Waals surface area contributed by atoms with Crippen LogP contribution < -0.4 is 10.6 Å². The molecule has 1 aliphatic heterocycles. The molecule has 0 unspecified atom stereocenters. The molecule has 112 valence electrons. The topological polar surface area (TPSA) is 78.2 Å². The molecule has 0 atom stereocenters. The Morgan fingerprint density at radius 2 is 2.00 bits per heavy atom. The van der Waals surface area contributed by atoms with Crippen molar-refractivity contribution >= 4 is 22.9 Å². The Kier molecular flexibility index (Phi) is 4.06. The monoisotopic (exact) mass is 287 g/mol. The summed E-state index contributed by atoms with van der Waals surface area (Å²) in [5.74, 6) is 0.740. The smallest absolute Gasteiger partial charge is 0.217 e. The summed E-state index contributed by atoms with van der Waals surface area (Å²) in [7, 11) is 0. The minimum atomic E-state index is -0.212. The highest BCUT2D eigenvalue weighted by Gasteiger charge is 2.19. The van der Waals surface area contributed by atoms with Crippen molar-refractivity contribution < 1.29 is 4.79 Å². The van der Waals surface area contributed by atoms with Crippen molar-refractivity contribution in [2.45, 2.75) is 12.8 Å². The second-order valence-electron chi connectivity index (χ2n) is 5.48. The number of aromatic nitrogens is 2. The minimum absolute atomic E-state index is 0.212. The number of imidazole rings is 1. The van der Waals surface area contributed by atoms with Crippen LogP contribution in [0.3, 0.4) is 0 Å². The molecular formula is C15H21N5O. The van der Waals surface area contributed by atoms with Crippen LogP contribution in [0, 0.1) is 0 Å². The summed E-state index contributed by atoms with van der Waals surface area (Å²) in [5, 5.41) is 0. The third kappa shape index (κ3) is 3.33. The molecule has 1 aliphatic rings. The van der Waals surface area contributed by atoms with E-state index in [0.29, 0.717) is 6.42 Å². The second-order valence-corrected chi connectivity index (χ2v) is 5.48. The number of rotatable bonds is 5. The number of aromatic amines is 1. The summed E-state index contributed by atoms with van der Waals surface area (Å²) in [4.78, 5) is 23.4. The number of fused-ring (bicyclic) bond motifs is 1. The Balaban J connectivity index is 1.54. The van der Waals surface area contributed by atoms with E-state index in [2.05, 4.69) is 19.8 Å². The molecule has 3 N–H and O–H groups in total. The third-order valence-corrected chi connectivity index (χ3v) is 3.95. The largest absolute Gasteiger partial charge is 0.370 e. The number of piperazine rings is 1. The number of carbonyl (C=O) groups is 1. The predicted molar refractivity (Wildman–Crippen MR) is 83.2 cm³/mol. The molecule has 6 heteroatoms. The maximum atomic E-state index is 10.7. The van der Waals surface area contributed by atoms with E-state index in [4.69, 9.17) is 5.73 Å². The van der Waals surface area contributed by atoms with Crippen molar-refractivity contribution in [1.29, 1.82) is 0 Å². The van der Waals surface area contributed by atoms with Gasteiger partial charge in [0.25, 0.3) is 0 Å². The SMILES string of the molecule is NC(=O)CCCN1CCN(c2nc3ccccc3[nH]2)CC1. The van der Waals surface area contributed by atoms with Crippen LogP contribution in [0.25, 0.3) is 11.0 Å². The zero-order valence-corrected chi connectivity index (χ0v) is 12.1. The van der Waals surface area contributed by atoms with Crippen molar-refractivity contribution in [2.75, 3.05) is 37.6 Å². The Hall–Kier alpha value is -2.08. The van der Waals surface area contributed by atoms with Crippen LogP contribution >= 0.6 is 0 Å². The summed E-state index contributed by atoms with van der Waals surface area (Å²) in [6, 6.07) is 8.09. The van der Waals surface area contributed by atoms with Gasteiger partial charge in [-0.2, -0.15) is 0 Å². The van der Waals surface area contributed by atoms with Gasteiger partial charge in [0.2, 0.25) is 11.9 Å². The number of H-pyrrole nitrogens is 1. The third-order valence-electron chi connectivity index (χ3n) is 3.95. The minimum Gasteiger partial charge on any atom is -0.370 e. The summed E-state index contributed by atoms with van der Waals surface area (Å²) in [6.07, 6.45) is 1.32. The van der Waals surface area contributed by atoms with Gasteiger partial charge in [0.05, 0.1) is 11.0 Å². The summed E-state index contributed by atoms with van der Waals surface area (Å²) < 4.78 is 0. The van der Waals surface area contributed by atoms with Gasteiger partial charge in [-0.05, 0) is 25.1 Å². The number of para-hydroxylation sites is 2. The Labute approximate surface area is 123 Å². The maximum Gasteiger partial charge on any atom is 0.217 e. The van der Waals surface area contributed by atoms with Gasteiger partial charge in [-0.25, -0.2) is 4.98 Å². The number of anilines is 1. The van der Waals surface area contributed by atoms with E-state index in [1.807, 2.05) is 24.3 Å². The van der Waals surface area contributed by atoms with Crippen LogP contribution in [0.4, 0.5) is 5.95 Å². The molecule has 6 nitrogen and oxygen atoms in total. The first kappa shape index (κ1) is 13.9. The van der Waals surface area contributed by atoms with Gasteiger partial charge in [0.15, 0.2) is 0 Å².